The number of hydrogen-bond acceptors (Lipinski definition) is 3. The third-order valence-electron chi connectivity index (χ3n) is 3.14. The van der Waals surface area contributed by atoms with Gasteiger partial charge in [-0.3, -0.25) is 0 Å². The average Bonchev–Trinajstić information content (AvgIpc) is 3.02. The molecule has 0 unspecified atom stereocenters. The van der Waals surface area contributed by atoms with Crippen LogP contribution in [0.5, 0.6) is 0 Å². The first kappa shape index (κ1) is 14.8. The van der Waals surface area contributed by atoms with Crippen LogP contribution in [-0.4, -0.2) is 14.8 Å². The number of benzene rings is 1. The molecule has 0 amide bonds. The molecule has 0 fully saturated rings. The molecule has 3 rings (SSSR count). The molecule has 0 saturated carbocycles. The standard InChI is InChI=1S/C15H12F3N3S/c1-9-8-12(15(16,17)18)21(20-9)14-19-13(10(2)22-14)11-6-4-3-5-7-11/h3-8H,1-2H3. The predicted octanol–water partition coefficient (Wildman–Crippen LogP) is 4.63. The summed E-state index contributed by atoms with van der Waals surface area (Å²) >= 11 is 1.20. The maximum Gasteiger partial charge on any atom is 0.433 e. The van der Waals surface area contributed by atoms with Crippen LogP contribution in [0.4, 0.5) is 13.2 Å². The van der Waals surface area contributed by atoms with Crippen molar-refractivity contribution >= 4 is 11.3 Å². The van der Waals surface area contributed by atoms with Crippen LogP contribution in [0.2, 0.25) is 0 Å². The molecule has 2 aromatic heterocycles. The zero-order chi connectivity index (χ0) is 15.9. The predicted molar refractivity (Wildman–Crippen MR) is 79.1 cm³/mol. The van der Waals surface area contributed by atoms with E-state index in [1.807, 2.05) is 37.3 Å². The lowest BCUT2D eigenvalue weighted by atomic mass is 10.1. The summed E-state index contributed by atoms with van der Waals surface area (Å²) in [7, 11) is 0. The van der Waals surface area contributed by atoms with Crippen LogP contribution in [0.3, 0.4) is 0 Å². The molecule has 0 N–H and O–H groups in total. The highest BCUT2D eigenvalue weighted by atomic mass is 32.1. The van der Waals surface area contributed by atoms with E-state index in [0.717, 1.165) is 21.2 Å². The molecule has 0 atom stereocenters. The summed E-state index contributed by atoms with van der Waals surface area (Å²) in [4.78, 5) is 5.21. The zero-order valence-electron chi connectivity index (χ0n) is 11.8. The first-order valence-corrected chi connectivity index (χ1v) is 7.35. The van der Waals surface area contributed by atoms with E-state index in [1.54, 1.807) is 0 Å². The first-order chi connectivity index (χ1) is 10.4. The van der Waals surface area contributed by atoms with Gasteiger partial charge < -0.3 is 0 Å². The van der Waals surface area contributed by atoms with E-state index in [2.05, 4.69) is 10.1 Å². The second-order valence-electron chi connectivity index (χ2n) is 4.85. The fraction of sp³-hybridized carbons (Fsp3) is 0.200. The van der Waals surface area contributed by atoms with Crippen molar-refractivity contribution < 1.29 is 13.2 Å². The second kappa shape index (κ2) is 5.24. The summed E-state index contributed by atoms with van der Waals surface area (Å²) in [6.07, 6.45) is -4.46. The topological polar surface area (TPSA) is 30.7 Å². The highest BCUT2D eigenvalue weighted by molar-refractivity contribution is 7.14. The lowest BCUT2D eigenvalue weighted by Gasteiger charge is -2.07. The summed E-state index contributed by atoms with van der Waals surface area (Å²) in [6.45, 7) is 3.37. The van der Waals surface area contributed by atoms with Crippen molar-refractivity contribution in [1.82, 2.24) is 14.8 Å². The zero-order valence-corrected chi connectivity index (χ0v) is 12.7. The number of thiazole rings is 1. The highest BCUT2D eigenvalue weighted by Crippen LogP contribution is 2.34. The fourth-order valence-corrected chi connectivity index (χ4v) is 3.08. The van der Waals surface area contributed by atoms with Gasteiger partial charge in [0.1, 0.15) is 0 Å². The molecule has 114 valence electrons. The van der Waals surface area contributed by atoms with Gasteiger partial charge in [-0.1, -0.05) is 41.7 Å². The number of alkyl halides is 3. The molecule has 0 aliphatic rings. The molecule has 0 bridgehead atoms. The summed E-state index contributed by atoms with van der Waals surface area (Å²) in [5.41, 5.74) is 1.06. The molecule has 2 heterocycles. The van der Waals surface area contributed by atoms with Crippen LogP contribution in [-0.2, 0) is 6.18 Å². The Hall–Kier alpha value is -2.15. The number of halogens is 3. The largest absolute Gasteiger partial charge is 0.433 e. The van der Waals surface area contributed by atoms with Gasteiger partial charge in [-0.15, -0.1) is 0 Å². The SMILES string of the molecule is Cc1cc(C(F)(F)F)n(-c2nc(-c3ccccc3)c(C)s2)n1. The smallest absolute Gasteiger partial charge is 0.218 e. The minimum Gasteiger partial charge on any atom is -0.218 e. The van der Waals surface area contributed by atoms with Gasteiger partial charge in [0.25, 0.3) is 0 Å². The minimum atomic E-state index is -4.46. The van der Waals surface area contributed by atoms with Gasteiger partial charge in [0.2, 0.25) is 5.13 Å². The molecular weight excluding hydrogens is 311 g/mol. The van der Waals surface area contributed by atoms with E-state index < -0.39 is 11.9 Å². The maximum atomic E-state index is 13.1. The average molecular weight is 323 g/mol. The Balaban J connectivity index is 2.12. The number of nitrogens with zero attached hydrogens (tertiary/aromatic N) is 3. The first-order valence-electron chi connectivity index (χ1n) is 6.53. The van der Waals surface area contributed by atoms with Gasteiger partial charge >= 0.3 is 6.18 Å². The van der Waals surface area contributed by atoms with Gasteiger partial charge in [0.05, 0.1) is 11.4 Å². The Morgan fingerprint density at radius 2 is 1.77 bits per heavy atom. The number of aromatic nitrogens is 3. The minimum absolute atomic E-state index is 0.219. The van der Waals surface area contributed by atoms with E-state index in [-0.39, 0.29) is 5.13 Å². The molecule has 3 nitrogen and oxygen atoms in total. The molecule has 22 heavy (non-hydrogen) atoms. The highest BCUT2D eigenvalue weighted by Gasteiger charge is 2.36. The Bertz CT molecular complexity index is 803. The van der Waals surface area contributed by atoms with Crippen LogP contribution in [0.15, 0.2) is 36.4 Å². The molecule has 1 aromatic carbocycles. The third-order valence-corrected chi connectivity index (χ3v) is 4.08. The molecule has 0 radical (unpaired) electrons. The van der Waals surface area contributed by atoms with E-state index in [1.165, 1.54) is 18.3 Å². The van der Waals surface area contributed by atoms with Crippen molar-refractivity contribution in [1.29, 1.82) is 0 Å². The van der Waals surface area contributed by atoms with Crippen LogP contribution in [0.25, 0.3) is 16.4 Å². The van der Waals surface area contributed by atoms with Gasteiger partial charge in [0.15, 0.2) is 5.69 Å². The second-order valence-corrected chi connectivity index (χ2v) is 6.03. The lowest BCUT2D eigenvalue weighted by molar-refractivity contribution is -0.142. The van der Waals surface area contributed by atoms with E-state index in [4.69, 9.17) is 0 Å². The Kier molecular flexibility index (Phi) is 3.52. The Morgan fingerprint density at radius 3 is 2.41 bits per heavy atom. The van der Waals surface area contributed by atoms with E-state index in [9.17, 15) is 13.2 Å². The quantitative estimate of drug-likeness (QED) is 0.688. The van der Waals surface area contributed by atoms with Crippen molar-refractivity contribution in [2.24, 2.45) is 0 Å². The van der Waals surface area contributed by atoms with Crippen LogP contribution in [0, 0.1) is 13.8 Å². The summed E-state index contributed by atoms with van der Waals surface area (Å²) in [5.74, 6) is 0. The van der Waals surface area contributed by atoms with Crippen LogP contribution >= 0.6 is 11.3 Å². The molecule has 7 heteroatoms. The summed E-state index contributed by atoms with van der Waals surface area (Å²) in [5, 5.41) is 4.16. The summed E-state index contributed by atoms with van der Waals surface area (Å²) < 4.78 is 40.2. The fourth-order valence-electron chi connectivity index (χ4n) is 2.18. The van der Waals surface area contributed by atoms with Crippen molar-refractivity contribution in [3.8, 4) is 16.4 Å². The third kappa shape index (κ3) is 2.64. The number of aryl methyl sites for hydroxylation is 2. The number of rotatable bonds is 2. The monoisotopic (exact) mass is 323 g/mol. The van der Waals surface area contributed by atoms with Crippen molar-refractivity contribution in [2.45, 2.75) is 20.0 Å². The van der Waals surface area contributed by atoms with Crippen LogP contribution in [0.1, 0.15) is 16.3 Å². The van der Waals surface area contributed by atoms with Gasteiger partial charge in [-0.05, 0) is 19.9 Å². The lowest BCUT2D eigenvalue weighted by Crippen LogP contribution is -2.13. The van der Waals surface area contributed by atoms with Gasteiger partial charge in [-0.2, -0.15) is 18.3 Å². The normalized spacial score (nSPS) is 11.9. The van der Waals surface area contributed by atoms with Crippen molar-refractivity contribution in [3.05, 3.63) is 52.7 Å². The molecule has 0 saturated heterocycles. The van der Waals surface area contributed by atoms with Crippen molar-refractivity contribution in [2.75, 3.05) is 0 Å². The molecule has 3 aromatic rings. The maximum absolute atomic E-state index is 13.1. The van der Waals surface area contributed by atoms with Crippen molar-refractivity contribution in [3.63, 3.8) is 0 Å². The number of hydrogen-bond donors (Lipinski definition) is 0. The molecule has 0 aliphatic heterocycles. The Labute approximate surface area is 129 Å². The van der Waals surface area contributed by atoms with Crippen LogP contribution < -0.4 is 0 Å². The Morgan fingerprint density at radius 1 is 1.09 bits per heavy atom. The van der Waals surface area contributed by atoms with Gasteiger partial charge in [0, 0.05) is 10.4 Å². The van der Waals surface area contributed by atoms with E-state index in [0.29, 0.717) is 11.4 Å². The molecule has 0 spiro atoms. The van der Waals surface area contributed by atoms with Gasteiger partial charge in [-0.25, -0.2) is 9.67 Å². The summed E-state index contributed by atoms with van der Waals surface area (Å²) in [6, 6.07) is 10.4. The van der Waals surface area contributed by atoms with E-state index >= 15 is 0 Å². The molecular formula is C15H12F3N3S. The molecule has 0 aliphatic carbocycles.